The molecule has 3 rings (SSSR count). The summed E-state index contributed by atoms with van der Waals surface area (Å²) in [5.74, 6) is 0. The third-order valence-corrected chi connectivity index (χ3v) is 3.90. The quantitative estimate of drug-likeness (QED) is 0.819. The lowest BCUT2D eigenvalue weighted by molar-refractivity contribution is 0.648. The van der Waals surface area contributed by atoms with Gasteiger partial charge >= 0.3 is 0 Å². The van der Waals surface area contributed by atoms with Crippen LogP contribution in [0.5, 0.6) is 0 Å². The summed E-state index contributed by atoms with van der Waals surface area (Å²) in [7, 11) is 0. The molecule has 3 heteroatoms. The summed E-state index contributed by atoms with van der Waals surface area (Å²) < 4.78 is 1.13. The summed E-state index contributed by atoms with van der Waals surface area (Å²) in [4.78, 5) is 3.47. The van der Waals surface area contributed by atoms with Crippen molar-refractivity contribution in [3.05, 3.63) is 33.9 Å². The molecule has 84 valence electrons. The number of H-pyrrole nitrogens is 1. The molecular formula is C13H15BrN2. The second-order valence-corrected chi connectivity index (χ2v) is 5.42. The van der Waals surface area contributed by atoms with Crippen molar-refractivity contribution in [1.82, 2.24) is 10.3 Å². The van der Waals surface area contributed by atoms with Crippen LogP contribution in [0.3, 0.4) is 0 Å². The molecule has 1 aromatic carbocycles. The van der Waals surface area contributed by atoms with Crippen molar-refractivity contribution < 1.29 is 0 Å². The van der Waals surface area contributed by atoms with Crippen LogP contribution in [-0.2, 0) is 0 Å². The molecule has 0 amide bonds. The maximum atomic E-state index is 3.57. The number of hydrogen-bond donors (Lipinski definition) is 2. The second-order valence-electron chi connectivity index (χ2n) is 4.50. The number of aromatic amines is 1. The van der Waals surface area contributed by atoms with Gasteiger partial charge in [-0.25, -0.2) is 0 Å². The Kier molecular flexibility index (Phi) is 2.52. The van der Waals surface area contributed by atoms with Crippen molar-refractivity contribution in [3.8, 4) is 0 Å². The predicted octanol–water partition coefficient (Wildman–Crippen LogP) is 3.66. The van der Waals surface area contributed by atoms with Gasteiger partial charge in [-0.1, -0.05) is 22.0 Å². The number of aryl methyl sites for hydroxylation is 1. The first-order valence-corrected chi connectivity index (χ1v) is 6.56. The Morgan fingerprint density at radius 1 is 1.38 bits per heavy atom. The minimum atomic E-state index is 0.537. The van der Waals surface area contributed by atoms with E-state index < -0.39 is 0 Å². The zero-order valence-electron chi connectivity index (χ0n) is 9.31. The molecule has 0 bridgehead atoms. The van der Waals surface area contributed by atoms with Crippen LogP contribution in [0.4, 0.5) is 0 Å². The van der Waals surface area contributed by atoms with E-state index in [4.69, 9.17) is 0 Å². The van der Waals surface area contributed by atoms with Crippen LogP contribution in [0.2, 0.25) is 0 Å². The maximum absolute atomic E-state index is 3.57. The van der Waals surface area contributed by atoms with E-state index >= 15 is 0 Å². The fraction of sp³-hybridized carbons (Fsp3) is 0.385. The van der Waals surface area contributed by atoms with Crippen LogP contribution in [0.15, 0.2) is 22.7 Å². The highest BCUT2D eigenvalue weighted by Crippen LogP contribution is 2.33. The van der Waals surface area contributed by atoms with Gasteiger partial charge in [-0.05, 0) is 44.0 Å². The first kappa shape index (κ1) is 10.4. The van der Waals surface area contributed by atoms with Gasteiger partial charge in [0.1, 0.15) is 0 Å². The van der Waals surface area contributed by atoms with E-state index in [2.05, 4.69) is 51.4 Å². The van der Waals surface area contributed by atoms with Gasteiger partial charge in [0.2, 0.25) is 0 Å². The first-order valence-electron chi connectivity index (χ1n) is 5.77. The van der Waals surface area contributed by atoms with Crippen LogP contribution >= 0.6 is 15.9 Å². The number of hydrogen-bond acceptors (Lipinski definition) is 1. The topological polar surface area (TPSA) is 27.8 Å². The van der Waals surface area contributed by atoms with Gasteiger partial charge in [0.05, 0.1) is 0 Å². The minimum absolute atomic E-state index is 0.537. The summed E-state index contributed by atoms with van der Waals surface area (Å²) in [5, 5.41) is 4.94. The minimum Gasteiger partial charge on any atom is -0.358 e. The molecule has 2 nitrogen and oxygen atoms in total. The fourth-order valence-corrected chi connectivity index (χ4v) is 3.07. The van der Waals surface area contributed by atoms with Gasteiger partial charge in [-0.15, -0.1) is 0 Å². The van der Waals surface area contributed by atoms with Crippen molar-refractivity contribution in [2.45, 2.75) is 25.8 Å². The van der Waals surface area contributed by atoms with E-state index in [1.54, 1.807) is 0 Å². The highest BCUT2D eigenvalue weighted by atomic mass is 79.9. The average Bonchev–Trinajstić information content (AvgIpc) is 2.83. The van der Waals surface area contributed by atoms with E-state index in [0.29, 0.717) is 6.04 Å². The molecule has 1 aromatic heterocycles. The van der Waals surface area contributed by atoms with E-state index in [1.165, 1.54) is 35.0 Å². The Labute approximate surface area is 104 Å². The van der Waals surface area contributed by atoms with Crippen LogP contribution in [-0.4, -0.2) is 11.5 Å². The zero-order valence-corrected chi connectivity index (χ0v) is 10.9. The maximum Gasteiger partial charge on any atom is 0.0470 e. The number of aromatic nitrogens is 1. The Morgan fingerprint density at radius 3 is 3.00 bits per heavy atom. The van der Waals surface area contributed by atoms with Crippen molar-refractivity contribution in [1.29, 1.82) is 0 Å². The van der Waals surface area contributed by atoms with Crippen LogP contribution in [0.25, 0.3) is 10.9 Å². The summed E-state index contributed by atoms with van der Waals surface area (Å²) >= 11 is 3.51. The van der Waals surface area contributed by atoms with Crippen LogP contribution < -0.4 is 5.32 Å². The molecule has 0 aliphatic carbocycles. The van der Waals surface area contributed by atoms with E-state index in [-0.39, 0.29) is 0 Å². The lowest BCUT2D eigenvalue weighted by Gasteiger charge is -2.10. The summed E-state index contributed by atoms with van der Waals surface area (Å²) in [6.07, 6.45) is 2.54. The molecule has 0 spiro atoms. The van der Waals surface area contributed by atoms with Crippen molar-refractivity contribution in [2.75, 3.05) is 6.54 Å². The van der Waals surface area contributed by atoms with Crippen molar-refractivity contribution >= 4 is 26.8 Å². The third kappa shape index (κ3) is 1.59. The normalized spacial score (nSPS) is 20.8. The smallest absolute Gasteiger partial charge is 0.0470 e. The highest BCUT2D eigenvalue weighted by molar-refractivity contribution is 9.10. The van der Waals surface area contributed by atoms with E-state index in [0.717, 1.165) is 11.0 Å². The molecule has 0 radical (unpaired) electrons. The Hall–Kier alpha value is -0.800. The molecule has 1 saturated heterocycles. The van der Waals surface area contributed by atoms with Gasteiger partial charge < -0.3 is 10.3 Å². The third-order valence-electron chi connectivity index (χ3n) is 3.41. The lowest BCUT2D eigenvalue weighted by Crippen LogP contribution is -2.13. The SMILES string of the molecule is Cc1[nH]c2cc(Br)ccc2c1C1CCCN1. The molecular weight excluding hydrogens is 264 g/mol. The molecule has 2 heterocycles. The zero-order chi connectivity index (χ0) is 11.1. The Balaban J connectivity index is 2.18. The van der Waals surface area contributed by atoms with Gasteiger partial charge in [0.15, 0.2) is 0 Å². The number of nitrogens with one attached hydrogen (secondary N) is 2. The Bertz CT molecular complexity index is 524. The van der Waals surface area contributed by atoms with Crippen molar-refractivity contribution in [2.24, 2.45) is 0 Å². The van der Waals surface area contributed by atoms with E-state index in [1.807, 2.05) is 0 Å². The summed E-state index contributed by atoms with van der Waals surface area (Å²) in [6, 6.07) is 7.02. The van der Waals surface area contributed by atoms with Crippen LogP contribution in [0, 0.1) is 6.92 Å². The highest BCUT2D eigenvalue weighted by Gasteiger charge is 2.21. The monoisotopic (exact) mass is 278 g/mol. The number of halogens is 1. The Morgan fingerprint density at radius 2 is 2.25 bits per heavy atom. The van der Waals surface area contributed by atoms with Gasteiger partial charge in [-0.3, -0.25) is 0 Å². The number of fused-ring (bicyclic) bond motifs is 1. The summed E-state index contributed by atoms with van der Waals surface area (Å²) in [5.41, 5.74) is 3.99. The first-order chi connectivity index (χ1) is 7.75. The average molecular weight is 279 g/mol. The second kappa shape index (κ2) is 3.90. The van der Waals surface area contributed by atoms with Gasteiger partial charge in [-0.2, -0.15) is 0 Å². The molecule has 1 unspecified atom stereocenters. The molecule has 1 atom stereocenters. The van der Waals surface area contributed by atoms with Gasteiger partial charge in [0, 0.05) is 27.1 Å². The molecule has 2 N–H and O–H groups in total. The van der Waals surface area contributed by atoms with Crippen molar-refractivity contribution in [3.63, 3.8) is 0 Å². The largest absolute Gasteiger partial charge is 0.358 e. The van der Waals surface area contributed by atoms with Gasteiger partial charge in [0.25, 0.3) is 0 Å². The predicted molar refractivity (Wildman–Crippen MR) is 70.7 cm³/mol. The lowest BCUT2D eigenvalue weighted by atomic mass is 10.0. The molecule has 16 heavy (non-hydrogen) atoms. The van der Waals surface area contributed by atoms with E-state index in [9.17, 15) is 0 Å². The molecule has 1 aliphatic heterocycles. The molecule has 1 fully saturated rings. The standard InChI is InChI=1S/C13H15BrN2/c1-8-13(11-3-2-6-15-11)10-5-4-9(14)7-12(10)16-8/h4-5,7,11,15-16H,2-3,6H2,1H3. The summed E-state index contributed by atoms with van der Waals surface area (Å²) in [6.45, 7) is 3.32. The van der Waals surface area contributed by atoms with Crippen LogP contribution in [0.1, 0.15) is 30.1 Å². The fourth-order valence-electron chi connectivity index (χ4n) is 2.71. The number of rotatable bonds is 1. The molecule has 1 aliphatic rings. The molecule has 2 aromatic rings. The number of benzene rings is 1. The molecule has 0 saturated carbocycles.